The fourth-order valence-electron chi connectivity index (χ4n) is 3.04. The summed E-state index contributed by atoms with van der Waals surface area (Å²) in [4.78, 5) is 14.6. The summed E-state index contributed by atoms with van der Waals surface area (Å²) in [6, 6.07) is 21.8. The van der Waals surface area contributed by atoms with Crippen molar-refractivity contribution < 1.29 is 4.42 Å². The van der Waals surface area contributed by atoms with Crippen molar-refractivity contribution in [1.82, 2.24) is 0 Å². The first-order valence-corrected chi connectivity index (χ1v) is 7.87. The number of rotatable bonds is 2. The van der Waals surface area contributed by atoms with Crippen LogP contribution in [-0.2, 0) is 0 Å². The lowest BCUT2D eigenvalue weighted by Gasteiger charge is -2.12. The Morgan fingerprint density at radius 3 is 2.33 bits per heavy atom. The molecule has 2 aliphatic rings. The van der Waals surface area contributed by atoms with E-state index in [4.69, 9.17) is 4.42 Å². The van der Waals surface area contributed by atoms with Crippen LogP contribution in [0.2, 0.25) is 0 Å². The maximum atomic E-state index is 12.6. The number of fused-ring (bicyclic) bond motifs is 3. The summed E-state index contributed by atoms with van der Waals surface area (Å²) >= 11 is 0. The number of benzene rings is 1. The fourth-order valence-corrected chi connectivity index (χ4v) is 3.04. The van der Waals surface area contributed by atoms with E-state index in [1.165, 1.54) is 0 Å². The molecule has 0 saturated heterocycles. The normalized spacial score (nSPS) is 11.1. The molecule has 1 aromatic heterocycles. The molecule has 0 spiro atoms. The van der Waals surface area contributed by atoms with E-state index in [1.54, 1.807) is 0 Å². The molecule has 0 aliphatic heterocycles. The van der Waals surface area contributed by atoms with Crippen LogP contribution in [0.1, 0.15) is 0 Å². The van der Waals surface area contributed by atoms with Crippen LogP contribution in [0.15, 0.2) is 75.9 Å². The summed E-state index contributed by atoms with van der Waals surface area (Å²) in [5.41, 5.74) is 3.69. The van der Waals surface area contributed by atoms with E-state index >= 15 is 0 Å². The van der Waals surface area contributed by atoms with Gasteiger partial charge >= 0.3 is 5.63 Å². The summed E-state index contributed by atoms with van der Waals surface area (Å²) in [5.74, 6) is 0.595. The highest BCUT2D eigenvalue weighted by Crippen LogP contribution is 2.33. The van der Waals surface area contributed by atoms with Crippen LogP contribution in [0.3, 0.4) is 0 Å². The minimum atomic E-state index is -0.291. The third kappa shape index (κ3) is 2.35. The summed E-state index contributed by atoms with van der Waals surface area (Å²) in [7, 11) is 3.99. The van der Waals surface area contributed by atoms with E-state index in [2.05, 4.69) is 0 Å². The second-order valence-electron chi connectivity index (χ2n) is 6.09. The highest BCUT2D eigenvalue weighted by atomic mass is 16.4. The van der Waals surface area contributed by atoms with E-state index in [-0.39, 0.29) is 5.63 Å². The summed E-state index contributed by atoms with van der Waals surface area (Å²) in [6.45, 7) is 0. The first kappa shape index (κ1) is 14.5. The molecular weight excluding hydrogens is 298 g/mol. The van der Waals surface area contributed by atoms with Crippen molar-refractivity contribution in [3.8, 4) is 22.5 Å². The highest BCUT2D eigenvalue weighted by Gasteiger charge is 2.15. The van der Waals surface area contributed by atoms with E-state index in [0.717, 1.165) is 27.8 Å². The predicted octanol–water partition coefficient (Wildman–Crippen LogP) is 4.63. The van der Waals surface area contributed by atoms with Gasteiger partial charge in [0.05, 0.1) is 5.39 Å². The van der Waals surface area contributed by atoms with Gasteiger partial charge in [-0.15, -0.1) is 0 Å². The van der Waals surface area contributed by atoms with Gasteiger partial charge in [0, 0.05) is 25.3 Å². The molecule has 4 rings (SSSR count). The lowest BCUT2D eigenvalue weighted by molar-refractivity contribution is 0.535. The number of nitrogens with zero attached hydrogens (tertiary/aromatic N) is 1. The van der Waals surface area contributed by atoms with Gasteiger partial charge in [-0.1, -0.05) is 30.3 Å². The van der Waals surface area contributed by atoms with Crippen LogP contribution in [0.4, 0.5) is 5.69 Å². The molecule has 0 unspecified atom stereocenters. The third-order valence-corrected chi connectivity index (χ3v) is 4.30. The molecule has 0 fully saturated rings. The fraction of sp³-hybridized carbons (Fsp3) is 0.0952. The maximum absolute atomic E-state index is 12.6. The van der Waals surface area contributed by atoms with Crippen LogP contribution in [-0.4, -0.2) is 14.1 Å². The van der Waals surface area contributed by atoms with Gasteiger partial charge in [0.2, 0.25) is 0 Å². The average Bonchev–Trinajstić information content (AvgIpc) is 2.77. The topological polar surface area (TPSA) is 33.5 Å². The Morgan fingerprint density at radius 2 is 1.58 bits per heavy atom. The Morgan fingerprint density at radius 1 is 0.833 bits per heavy atom. The van der Waals surface area contributed by atoms with Gasteiger partial charge < -0.3 is 9.32 Å². The van der Waals surface area contributed by atoms with Gasteiger partial charge in [-0.05, 0) is 52.9 Å². The smallest absolute Gasteiger partial charge is 0.344 e. The van der Waals surface area contributed by atoms with Crippen LogP contribution in [0, 0.1) is 0 Å². The van der Waals surface area contributed by atoms with Gasteiger partial charge in [0.1, 0.15) is 5.76 Å². The first-order valence-electron chi connectivity index (χ1n) is 7.87. The molecule has 0 atom stereocenters. The van der Waals surface area contributed by atoms with Crippen LogP contribution in [0.5, 0.6) is 0 Å². The van der Waals surface area contributed by atoms with E-state index in [1.807, 2.05) is 85.7 Å². The lowest BCUT2D eigenvalue weighted by Crippen LogP contribution is -2.08. The quantitative estimate of drug-likeness (QED) is 0.541. The monoisotopic (exact) mass is 315 g/mol. The number of anilines is 1. The zero-order valence-corrected chi connectivity index (χ0v) is 13.6. The Kier molecular flexibility index (Phi) is 3.35. The molecule has 0 bridgehead atoms. The van der Waals surface area contributed by atoms with E-state index in [9.17, 15) is 4.79 Å². The maximum Gasteiger partial charge on any atom is 0.344 e. The molecule has 118 valence electrons. The number of hydrogen-bond acceptors (Lipinski definition) is 3. The van der Waals surface area contributed by atoms with Crippen LogP contribution >= 0.6 is 0 Å². The minimum Gasteiger partial charge on any atom is -0.422 e. The average molecular weight is 315 g/mol. The van der Waals surface area contributed by atoms with Crippen LogP contribution < -0.4 is 10.5 Å². The van der Waals surface area contributed by atoms with Crippen molar-refractivity contribution in [2.24, 2.45) is 0 Å². The summed E-state index contributed by atoms with van der Waals surface area (Å²) < 4.78 is 5.60. The van der Waals surface area contributed by atoms with Crippen molar-refractivity contribution in [2.75, 3.05) is 19.0 Å². The minimum absolute atomic E-state index is 0.291. The molecule has 2 aliphatic carbocycles. The standard InChI is InChI=1S/C21H17NO2/c1-22(2)17-10-8-14(9-11-17)19-13-16-12-15-6-4-3-5-7-18(15)20(16)21(23)24-19/h3-13H,1-2H3. The summed E-state index contributed by atoms with van der Waals surface area (Å²) in [6.07, 6.45) is 0. The molecular formula is C21H17NO2. The molecule has 24 heavy (non-hydrogen) atoms. The Labute approximate surface area is 140 Å². The predicted molar refractivity (Wildman–Crippen MR) is 98.9 cm³/mol. The zero-order valence-electron chi connectivity index (χ0n) is 13.6. The van der Waals surface area contributed by atoms with Crippen molar-refractivity contribution in [3.63, 3.8) is 0 Å². The van der Waals surface area contributed by atoms with Gasteiger partial charge in [0.25, 0.3) is 0 Å². The second kappa shape index (κ2) is 5.53. The Balaban J connectivity index is 1.91. The Hall–Kier alpha value is -3.07. The molecule has 2 aromatic rings. The third-order valence-electron chi connectivity index (χ3n) is 4.30. The molecule has 3 nitrogen and oxygen atoms in total. The first-order chi connectivity index (χ1) is 11.6. The van der Waals surface area contributed by atoms with Crippen molar-refractivity contribution >= 4 is 16.5 Å². The van der Waals surface area contributed by atoms with Crippen molar-refractivity contribution in [3.05, 3.63) is 77.2 Å². The van der Waals surface area contributed by atoms with Crippen molar-refractivity contribution in [2.45, 2.75) is 0 Å². The van der Waals surface area contributed by atoms with E-state index < -0.39 is 0 Å². The van der Waals surface area contributed by atoms with Crippen molar-refractivity contribution in [1.29, 1.82) is 0 Å². The SMILES string of the molecule is CN(C)c1ccc(-c2cc3cc4cccccc-4c3c(=O)o2)cc1. The molecule has 0 N–H and O–H groups in total. The zero-order chi connectivity index (χ0) is 16.7. The molecule has 3 heteroatoms. The lowest BCUT2D eigenvalue weighted by atomic mass is 10.1. The summed E-state index contributed by atoms with van der Waals surface area (Å²) in [5, 5.41) is 1.56. The molecule has 0 saturated carbocycles. The second-order valence-corrected chi connectivity index (χ2v) is 6.09. The molecule has 0 amide bonds. The van der Waals surface area contributed by atoms with Gasteiger partial charge in [-0.2, -0.15) is 0 Å². The van der Waals surface area contributed by atoms with Gasteiger partial charge in [0.15, 0.2) is 0 Å². The largest absolute Gasteiger partial charge is 0.422 e. The molecule has 1 heterocycles. The van der Waals surface area contributed by atoms with E-state index in [0.29, 0.717) is 11.1 Å². The molecule has 0 radical (unpaired) electrons. The molecule has 1 aromatic carbocycles. The van der Waals surface area contributed by atoms with Gasteiger partial charge in [-0.25, -0.2) is 4.79 Å². The van der Waals surface area contributed by atoms with Crippen LogP contribution in [0.25, 0.3) is 33.2 Å². The van der Waals surface area contributed by atoms with Gasteiger partial charge in [-0.3, -0.25) is 0 Å². The highest BCUT2D eigenvalue weighted by molar-refractivity contribution is 6.02. The number of hydrogen-bond donors (Lipinski definition) is 0. The Bertz CT molecular complexity index is 1050.